The van der Waals surface area contributed by atoms with Gasteiger partial charge in [0.2, 0.25) is 0 Å². The second kappa shape index (κ2) is 9.97. The Hall–Kier alpha value is -2.84. The molecule has 5 rings (SSSR count). The van der Waals surface area contributed by atoms with E-state index in [0.717, 1.165) is 29.3 Å². The molecule has 7 nitrogen and oxygen atoms in total. The Kier molecular flexibility index (Phi) is 6.64. The zero-order valence-electron chi connectivity index (χ0n) is 18.8. The second-order valence-electron chi connectivity index (χ2n) is 8.77. The van der Waals surface area contributed by atoms with E-state index in [-0.39, 0.29) is 5.91 Å². The third-order valence-corrected chi connectivity index (χ3v) is 7.48. The smallest absolute Gasteiger partial charge is 0.255 e. The van der Waals surface area contributed by atoms with Crippen LogP contribution >= 0.6 is 11.3 Å². The minimum absolute atomic E-state index is 0.201. The van der Waals surface area contributed by atoms with Crippen molar-refractivity contribution in [2.24, 2.45) is 5.92 Å². The fourth-order valence-corrected chi connectivity index (χ4v) is 5.14. The van der Waals surface area contributed by atoms with Crippen LogP contribution in [0.1, 0.15) is 58.2 Å². The Balaban J connectivity index is 1.40. The summed E-state index contributed by atoms with van der Waals surface area (Å²) in [5.41, 5.74) is 2.92. The van der Waals surface area contributed by atoms with Crippen LogP contribution in [-0.4, -0.2) is 40.9 Å². The molecule has 0 radical (unpaired) electrons. The van der Waals surface area contributed by atoms with Crippen LogP contribution in [0.15, 0.2) is 36.5 Å². The Bertz CT molecular complexity index is 1110. The molecule has 3 aromatic rings. The minimum Gasteiger partial charge on any atom is -0.492 e. The molecule has 1 aromatic carbocycles. The maximum atomic E-state index is 13.2. The lowest BCUT2D eigenvalue weighted by atomic mass is 9.85. The number of benzene rings is 1. The second-order valence-corrected chi connectivity index (χ2v) is 9.83. The fraction of sp³-hybridized carbons (Fsp3) is 0.440. The van der Waals surface area contributed by atoms with Crippen LogP contribution in [0.25, 0.3) is 10.6 Å². The molecule has 8 heteroatoms. The Morgan fingerprint density at radius 2 is 2.12 bits per heavy atom. The first-order valence-electron chi connectivity index (χ1n) is 11.5. The van der Waals surface area contributed by atoms with Gasteiger partial charge in [0.15, 0.2) is 0 Å². The number of carbonyl (C=O) groups is 1. The van der Waals surface area contributed by atoms with Crippen molar-refractivity contribution < 1.29 is 14.3 Å². The average Bonchev–Trinajstić information content (AvgIpc) is 3.48. The van der Waals surface area contributed by atoms with Crippen molar-refractivity contribution in [2.45, 2.75) is 45.1 Å². The van der Waals surface area contributed by atoms with Crippen LogP contribution in [0.2, 0.25) is 0 Å². The van der Waals surface area contributed by atoms with E-state index >= 15 is 0 Å². The van der Waals surface area contributed by atoms with Gasteiger partial charge in [0.25, 0.3) is 5.91 Å². The van der Waals surface area contributed by atoms with E-state index < -0.39 is 0 Å². The number of hydrogen-bond acceptors (Lipinski definition) is 7. The van der Waals surface area contributed by atoms with E-state index in [1.807, 2.05) is 37.4 Å². The molecule has 33 heavy (non-hydrogen) atoms. The lowest BCUT2D eigenvalue weighted by Crippen LogP contribution is -2.25. The highest BCUT2D eigenvalue weighted by Gasteiger charge is 2.25. The van der Waals surface area contributed by atoms with E-state index in [0.29, 0.717) is 48.6 Å². The van der Waals surface area contributed by atoms with Crippen molar-refractivity contribution >= 4 is 17.2 Å². The Morgan fingerprint density at radius 1 is 1.21 bits per heavy atom. The average molecular weight is 465 g/mol. The number of amides is 1. The third-order valence-electron chi connectivity index (χ3n) is 6.29. The number of rotatable bonds is 8. The van der Waals surface area contributed by atoms with Crippen LogP contribution in [0, 0.1) is 12.8 Å². The monoisotopic (exact) mass is 464 g/mol. The molecule has 0 unspecified atom stereocenters. The number of para-hydroxylation sites is 1. The highest BCUT2D eigenvalue weighted by molar-refractivity contribution is 7.15. The van der Waals surface area contributed by atoms with Crippen LogP contribution in [0.4, 0.5) is 0 Å². The molecule has 2 aliphatic rings. The van der Waals surface area contributed by atoms with Gasteiger partial charge in [0.05, 0.1) is 42.3 Å². The van der Waals surface area contributed by atoms with Crippen LogP contribution in [0.5, 0.6) is 5.75 Å². The number of thiazole rings is 1. The summed E-state index contributed by atoms with van der Waals surface area (Å²) >= 11 is 1.71. The predicted octanol–water partition coefficient (Wildman–Crippen LogP) is 4.52. The van der Waals surface area contributed by atoms with E-state index in [4.69, 9.17) is 14.5 Å². The molecule has 0 spiro atoms. The summed E-state index contributed by atoms with van der Waals surface area (Å²) in [6.07, 6.45) is 6.71. The number of aryl methyl sites for hydroxylation is 1. The summed E-state index contributed by atoms with van der Waals surface area (Å²) in [6, 6.07) is 9.45. The molecule has 3 heterocycles. The number of ether oxygens (including phenoxy) is 2. The van der Waals surface area contributed by atoms with Crippen molar-refractivity contribution in [2.75, 3.05) is 19.8 Å². The first-order valence-corrected chi connectivity index (χ1v) is 12.4. The summed E-state index contributed by atoms with van der Waals surface area (Å²) < 4.78 is 11.8. The van der Waals surface area contributed by atoms with Gasteiger partial charge in [-0.2, -0.15) is 10.2 Å². The minimum atomic E-state index is -0.201. The van der Waals surface area contributed by atoms with Crippen molar-refractivity contribution in [1.82, 2.24) is 20.5 Å². The molecule has 1 saturated carbocycles. The summed E-state index contributed by atoms with van der Waals surface area (Å²) in [7, 11) is 0. The molecule has 1 amide bonds. The lowest BCUT2D eigenvalue weighted by Gasteiger charge is -2.23. The highest BCUT2D eigenvalue weighted by Crippen LogP contribution is 2.43. The van der Waals surface area contributed by atoms with Crippen LogP contribution in [0.3, 0.4) is 0 Å². The van der Waals surface area contributed by atoms with Crippen molar-refractivity contribution in [3.05, 3.63) is 58.4 Å². The molecular weight excluding hydrogens is 436 g/mol. The first kappa shape index (κ1) is 22.0. The molecule has 1 atom stereocenters. The Morgan fingerprint density at radius 3 is 2.85 bits per heavy atom. The number of hydrogen-bond donors (Lipinski definition) is 1. The van der Waals surface area contributed by atoms with E-state index in [9.17, 15) is 4.79 Å². The predicted molar refractivity (Wildman–Crippen MR) is 127 cm³/mol. The Labute approximate surface area is 197 Å². The summed E-state index contributed by atoms with van der Waals surface area (Å²) in [5, 5.41) is 12.1. The van der Waals surface area contributed by atoms with E-state index in [2.05, 4.69) is 15.5 Å². The van der Waals surface area contributed by atoms with Gasteiger partial charge in [-0.25, -0.2) is 4.98 Å². The van der Waals surface area contributed by atoms with Gasteiger partial charge in [-0.3, -0.25) is 4.79 Å². The topological polar surface area (TPSA) is 86.2 Å². The summed E-state index contributed by atoms with van der Waals surface area (Å²) in [4.78, 5) is 19.2. The van der Waals surface area contributed by atoms with E-state index in [1.165, 1.54) is 24.1 Å². The maximum absolute atomic E-state index is 13.2. The summed E-state index contributed by atoms with van der Waals surface area (Å²) in [5.74, 6) is 1.34. The molecule has 172 valence electrons. The molecule has 1 N–H and O–H groups in total. The largest absolute Gasteiger partial charge is 0.492 e. The van der Waals surface area contributed by atoms with Crippen LogP contribution in [-0.2, 0) is 11.3 Å². The molecule has 1 aliphatic carbocycles. The van der Waals surface area contributed by atoms with Gasteiger partial charge in [0.1, 0.15) is 10.8 Å². The van der Waals surface area contributed by atoms with E-state index in [1.54, 1.807) is 17.4 Å². The number of aromatic nitrogens is 3. The SMILES string of the molecule is Cc1ccc(CNC(=O)c2cccc(-c3ncc(C4CCC4)s3)c2OC[C@H]2CCOC2)nn1. The zero-order chi connectivity index (χ0) is 22.6. The van der Waals surface area contributed by atoms with Gasteiger partial charge in [-0.1, -0.05) is 12.5 Å². The number of nitrogens with one attached hydrogen (secondary N) is 1. The van der Waals surface area contributed by atoms with Gasteiger partial charge < -0.3 is 14.8 Å². The molecule has 1 aliphatic heterocycles. The van der Waals surface area contributed by atoms with Crippen molar-refractivity contribution in [1.29, 1.82) is 0 Å². The zero-order valence-corrected chi connectivity index (χ0v) is 19.6. The third kappa shape index (κ3) is 5.07. The highest BCUT2D eigenvalue weighted by atomic mass is 32.1. The van der Waals surface area contributed by atoms with Gasteiger partial charge in [-0.15, -0.1) is 11.3 Å². The number of carbonyl (C=O) groups excluding carboxylic acids is 1. The molecule has 2 aromatic heterocycles. The maximum Gasteiger partial charge on any atom is 0.255 e. The molecular formula is C25H28N4O3S. The standard InChI is InChI=1S/C25H28N4O3S/c1-16-8-9-19(29-28-16)12-26-24(30)20-6-3-7-21(23(20)32-15-17-10-11-31-14-17)25-27-13-22(33-25)18-4-2-5-18/h3,6-9,13,17-18H,2,4-5,10-12,14-15H2,1H3,(H,26,30)/t17-/m0/s1. The van der Waals surface area contributed by atoms with Gasteiger partial charge in [0, 0.05) is 23.6 Å². The fourth-order valence-electron chi connectivity index (χ4n) is 4.04. The van der Waals surface area contributed by atoms with Crippen molar-refractivity contribution in [3.63, 3.8) is 0 Å². The quantitative estimate of drug-likeness (QED) is 0.527. The molecule has 1 saturated heterocycles. The normalized spacial score (nSPS) is 18.2. The molecule has 0 bridgehead atoms. The number of nitrogens with zero attached hydrogens (tertiary/aromatic N) is 3. The lowest BCUT2D eigenvalue weighted by molar-refractivity contribution is 0.0945. The van der Waals surface area contributed by atoms with Gasteiger partial charge >= 0.3 is 0 Å². The summed E-state index contributed by atoms with van der Waals surface area (Å²) in [6.45, 7) is 4.16. The first-order chi connectivity index (χ1) is 16.2. The van der Waals surface area contributed by atoms with Crippen LogP contribution < -0.4 is 10.1 Å². The van der Waals surface area contributed by atoms with Gasteiger partial charge in [-0.05, 0) is 56.4 Å². The molecule has 2 fully saturated rings. The van der Waals surface area contributed by atoms with Crippen molar-refractivity contribution in [3.8, 4) is 16.3 Å².